The molecular weight excluding hydrogens is 711 g/mol. The summed E-state index contributed by atoms with van der Waals surface area (Å²) in [5, 5.41) is 18.9. The summed E-state index contributed by atoms with van der Waals surface area (Å²) in [4.78, 5) is 54.6. The number of thiophene rings is 1. The standard InChI is InChI=1S/C41H37N3O7S2/c1-50-34-23-30(45)18-16-28(34)20-33(43-38(47)26-12-7-4-8-13-26)39(48)42-29-14-9-15-31(22-29)52-24-36(46)44-40-37(41(49)51-2)32-19-17-27(21-35(32)53-40)25-10-5-3-6-11-25/h3-16,18,20,22-23,27,45H,17,19,21,24H2,1-2H3,(H,42,48)(H,43,47)(H,44,46)/b33-20+. The molecule has 1 heterocycles. The van der Waals surface area contributed by atoms with Crippen LogP contribution in [-0.4, -0.2) is 48.8 Å². The van der Waals surface area contributed by atoms with Gasteiger partial charge in [-0.3, -0.25) is 14.4 Å². The Balaban J connectivity index is 1.14. The Morgan fingerprint density at radius 2 is 1.66 bits per heavy atom. The van der Waals surface area contributed by atoms with Crippen molar-refractivity contribution < 1.29 is 33.8 Å². The number of carbonyl (C=O) groups excluding carboxylic acids is 4. The summed E-state index contributed by atoms with van der Waals surface area (Å²) in [6.45, 7) is 0. The number of thioether (sulfide) groups is 1. The lowest BCUT2D eigenvalue weighted by Crippen LogP contribution is -2.30. The van der Waals surface area contributed by atoms with Gasteiger partial charge in [0.25, 0.3) is 11.8 Å². The number of amides is 3. The molecule has 0 saturated carbocycles. The number of methoxy groups -OCH3 is 2. The summed E-state index contributed by atoms with van der Waals surface area (Å²) < 4.78 is 10.5. The molecule has 4 N–H and O–H groups in total. The van der Waals surface area contributed by atoms with E-state index < -0.39 is 17.8 Å². The first-order valence-corrected chi connectivity index (χ1v) is 18.6. The molecule has 0 aliphatic heterocycles. The number of aromatic hydroxyl groups is 1. The molecule has 6 rings (SSSR count). The number of rotatable bonds is 12. The maximum atomic E-state index is 13.6. The molecule has 10 nitrogen and oxygen atoms in total. The van der Waals surface area contributed by atoms with Crippen LogP contribution in [0.15, 0.2) is 114 Å². The summed E-state index contributed by atoms with van der Waals surface area (Å²) in [6.07, 6.45) is 3.86. The number of hydrogen-bond acceptors (Lipinski definition) is 9. The van der Waals surface area contributed by atoms with Crippen LogP contribution in [0.5, 0.6) is 11.5 Å². The fourth-order valence-corrected chi connectivity index (χ4v) is 8.18. The molecule has 1 aromatic heterocycles. The predicted octanol–water partition coefficient (Wildman–Crippen LogP) is 7.66. The average Bonchev–Trinajstić information content (AvgIpc) is 3.54. The lowest BCUT2D eigenvalue weighted by molar-refractivity contribution is -0.114. The number of nitrogens with one attached hydrogen (secondary N) is 3. The van der Waals surface area contributed by atoms with Crippen molar-refractivity contribution in [3.05, 3.63) is 142 Å². The summed E-state index contributed by atoms with van der Waals surface area (Å²) in [7, 11) is 2.78. The first-order chi connectivity index (χ1) is 25.7. The number of hydrogen-bond donors (Lipinski definition) is 4. The fourth-order valence-electron chi connectivity index (χ4n) is 6.09. The van der Waals surface area contributed by atoms with E-state index in [2.05, 4.69) is 28.1 Å². The summed E-state index contributed by atoms with van der Waals surface area (Å²) >= 11 is 2.69. The molecule has 0 spiro atoms. The lowest BCUT2D eigenvalue weighted by atomic mass is 9.83. The number of ether oxygens (including phenoxy) is 2. The zero-order valence-electron chi connectivity index (χ0n) is 29.0. The summed E-state index contributed by atoms with van der Waals surface area (Å²) in [6, 6.07) is 30.2. The SMILES string of the molecule is COC(=O)c1c(NC(=O)CSc2cccc(NC(=O)/C(=C\c3ccc(O)cc3OC)NC(=O)c3ccccc3)c2)sc2c1CCC(c1ccccc1)C2. The molecule has 0 radical (unpaired) electrons. The van der Waals surface area contributed by atoms with Gasteiger partial charge in [0, 0.05) is 32.7 Å². The van der Waals surface area contributed by atoms with Crippen molar-refractivity contribution in [1.29, 1.82) is 0 Å². The zero-order chi connectivity index (χ0) is 37.3. The van der Waals surface area contributed by atoms with Crippen molar-refractivity contribution in [3.8, 4) is 11.5 Å². The molecule has 53 heavy (non-hydrogen) atoms. The molecule has 4 aromatic carbocycles. The molecule has 3 amide bonds. The van der Waals surface area contributed by atoms with Gasteiger partial charge in [0.15, 0.2) is 0 Å². The summed E-state index contributed by atoms with van der Waals surface area (Å²) in [5.74, 6) is -1.17. The van der Waals surface area contributed by atoms with E-state index in [0.29, 0.717) is 50.4 Å². The van der Waals surface area contributed by atoms with Crippen molar-refractivity contribution >= 4 is 63.6 Å². The second-order valence-electron chi connectivity index (χ2n) is 12.2. The average molecular weight is 748 g/mol. The van der Waals surface area contributed by atoms with E-state index in [0.717, 1.165) is 23.3 Å². The minimum Gasteiger partial charge on any atom is -0.508 e. The Labute approximate surface area is 315 Å². The van der Waals surface area contributed by atoms with Crippen molar-refractivity contribution in [3.63, 3.8) is 0 Å². The van der Waals surface area contributed by atoms with Crippen molar-refractivity contribution in [2.75, 3.05) is 30.6 Å². The number of benzene rings is 4. The van der Waals surface area contributed by atoms with Gasteiger partial charge >= 0.3 is 5.97 Å². The minimum absolute atomic E-state index is 0.0169. The molecule has 1 aliphatic carbocycles. The zero-order valence-corrected chi connectivity index (χ0v) is 30.6. The number of esters is 1. The minimum atomic E-state index is -0.601. The third-order valence-corrected chi connectivity index (χ3v) is 10.8. The number of anilines is 2. The molecule has 1 unspecified atom stereocenters. The third kappa shape index (κ3) is 9.15. The van der Waals surface area contributed by atoms with Crippen molar-refractivity contribution in [2.45, 2.75) is 30.1 Å². The highest BCUT2D eigenvalue weighted by atomic mass is 32.2. The largest absolute Gasteiger partial charge is 0.508 e. The molecule has 12 heteroatoms. The lowest BCUT2D eigenvalue weighted by Gasteiger charge is -2.22. The van der Waals surface area contributed by atoms with Crippen LogP contribution < -0.4 is 20.7 Å². The van der Waals surface area contributed by atoms with E-state index in [-0.39, 0.29) is 23.1 Å². The summed E-state index contributed by atoms with van der Waals surface area (Å²) in [5.41, 5.74) is 3.82. The van der Waals surface area contributed by atoms with E-state index in [1.807, 2.05) is 24.3 Å². The maximum absolute atomic E-state index is 13.6. The van der Waals surface area contributed by atoms with Crippen LogP contribution in [-0.2, 0) is 27.2 Å². The van der Waals surface area contributed by atoms with E-state index in [9.17, 15) is 24.3 Å². The van der Waals surface area contributed by atoms with Crippen LogP contribution in [0.3, 0.4) is 0 Å². The highest BCUT2D eigenvalue weighted by Gasteiger charge is 2.30. The van der Waals surface area contributed by atoms with Gasteiger partial charge in [-0.25, -0.2) is 4.79 Å². The van der Waals surface area contributed by atoms with Crippen molar-refractivity contribution in [2.24, 2.45) is 0 Å². The van der Waals surface area contributed by atoms with E-state index in [1.165, 1.54) is 61.1 Å². The Morgan fingerprint density at radius 3 is 2.40 bits per heavy atom. The first kappa shape index (κ1) is 36.9. The van der Waals surface area contributed by atoms with Gasteiger partial charge in [-0.1, -0.05) is 54.6 Å². The molecule has 0 fully saturated rings. The van der Waals surface area contributed by atoms with Gasteiger partial charge in [-0.05, 0) is 84.8 Å². The Morgan fingerprint density at radius 1 is 0.906 bits per heavy atom. The van der Waals surface area contributed by atoms with Crippen LogP contribution >= 0.6 is 23.1 Å². The van der Waals surface area contributed by atoms with Gasteiger partial charge in [-0.15, -0.1) is 23.1 Å². The third-order valence-electron chi connectivity index (χ3n) is 8.69. The van der Waals surface area contributed by atoms with Gasteiger partial charge in [0.1, 0.15) is 22.2 Å². The first-order valence-electron chi connectivity index (χ1n) is 16.8. The van der Waals surface area contributed by atoms with Crippen LogP contribution in [0.25, 0.3) is 6.08 Å². The number of fused-ring (bicyclic) bond motifs is 1. The molecular formula is C41H37N3O7S2. The van der Waals surface area contributed by atoms with Crippen LogP contribution in [0.2, 0.25) is 0 Å². The quantitative estimate of drug-likeness (QED) is 0.0579. The highest BCUT2D eigenvalue weighted by Crippen LogP contribution is 2.43. The second-order valence-corrected chi connectivity index (χ2v) is 14.3. The normalized spacial score (nSPS) is 13.7. The second kappa shape index (κ2) is 17.1. The number of phenols is 1. The Hall–Kier alpha value is -5.85. The Kier molecular flexibility index (Phi) is 11.9. The molecule has 0 bridgehead atoms. The predicted molar refractivity (Wildman–Crippen MR) is 208 cm³/mol. The molecule has 0 saturated heterocycles. The van der Waals surface area contributed by atoms with Crippen LogP contribution in [0.4, 0.5) is 10.7 Å². The van der Waals surface area contributed by atoms with Gasteiger partial charge in [0.05, 0.1) is 25.5 Å². The number of carbonyl (C=O) groups is 4. The fraction of sp³-hybridized carbons (Fsp3) is 0.171. The van der Waals surface area contributed by atoms with E-state index >= 15 is 0 Å². The van der Waals surface area contributed by atoms with Gasteiger partial charge < -0.3 is 30.5 Å². The van der Waals surface area contributed by atoms with Gasteiger partial charge in [-0.2, -0.15) is 0 Å². The topological polar surface area (TPSA) is 143 Å². The van der Waals surface area contributed by atoms with Crippen LogP contribution in [0.1, 0.15) is 54.6 Å². The monoisotopic (exact) mass is 747 g/mol. The molecule has 5 aromatic rings. The van der Waals surface area contributed by atoms with Crippen molar-refractivity contribution in [1.82, 2.24) is 5.32 Å². The van der Waals surface area contributed by atoms with Crippen LogP contribution in [0, 0.1) is 0 Å². The highest BCUT2D eigenvalue weighted by molar-refractivity contribution is 8.00. The smallest absolute Gasteiger partial charge is 0.341 e. The van der Waals surface area contributed by atoms with E-state index in [1.54, 1.807) is 54.6 Å². The molecule has 1 atom stereocenters. The van der Waals surface area contributed by atoms with Gasteiger partial charge in [0.2, 0.25) is 5.91 Å². The Bertz CT molecular complexity index is 2170. The molecule has 270 valence electrons. The number of phenolic OH excluding ortho intramolecular Hbond substituents is 1. The van der Waals surface area contributed by atoms with E-state index in [4.69, 9.17) is 9.47 Å². The molecule has 1 aliphatic rings. The maximum Gasteiger partial charge on any atom is 0.341 e.